The minimum absolute atomic E-state index is 0.0255. The zero-order chi connectivity index (χ0) is 14.4. The maximum Gasteiger partial charge on any atom is 0.264 e. The van der Waals surface area contributed by atoms with Crippen molar-refractivity contribution >= 4 is 39.6 Å². The van der Waals surface area contributed by atoms with Crippen LogP contribution >= 0.6 is 22.7 Å². The van der Waals surface area contributed by atoms with Crippen LogP contribution in [-0.2, 0) is 4.79 Å². The Hall–Kier alpha value is -1.99. The van der Waals surface area contributed by atoms with Gasteiger partial charge < -0.3 is 10.2 Å². The summed E-state index contributed by atoms with van der Waals surface area (Å²) in [6, 6.07) is 3.54. The van der Waals surface area contributed by atoms with Gasteiger partial charge >= 0.3 is 0 Å². The van der Waals surface area contributed by atoms with E-state index in [1.807, 2.05) is 5.38 Å². The number of amides is 2. The van der Waals surface area contributed by atoms with E-state index in [0.717, 1.165) is 0 Å². The fourth-order valence-corrected chi connectivity index (χ4v) is 2.78. The lowest BCUT2D eigenvalue weighted by Crippen LogP contribution is -2.37. The van der Waals surface area contributed by atoms with Gasteiger partial charge in [-0.1, -0.05) is 12.1 Å². The summed E-state index contributed by atoms with van der Waals surface area (Å²) < 4.78 is 0. The van der Waals surface area contributed by atoms with Gasteiger partial charge in [-0.2, -0.15) is 0 Å². The summed E-state index contributed by atoms with van der Waals surface area (Å²) in [6.07, 6.45) is 3.21. The number of hydrogen-bond acceptors (Lipinski definition) is 5. The van der Waals surface area contributed by atoms with E-state index >= 15 is 0 Å². The molecule has 20 heavy (non-hydrogen) atoms. The monoisotopic (exact) mass is 307 g/mol. The number of carbonyl (C=O) groups is 2. The average Bonchev–Trinajstić information content (AvgIpc) is 3.10. The van der Waals surface area contributed by atoms with Crippen LogP contribution in [0.1, 0.15) is 9.67 Å². The maximum absolute atomic E-state index is 12.2. The van der Waals surface area contributed by atoms with Crippen LogP contribution in [0.15, 0.2) is 41.7 Å². The molecule has 2 rings (SSSR count). The third-order valence-corrected chi connectivity index (χ3v) is 3.93. The molecule has 0 saturated carbocycles. The van der Waals surface area contributed by atoms with E-state index in [9.17, 15) is 9.59 Å². The Labute approximate surface area is 124 Å². The number of nitrogens with one attached hydrogen (secondary N) is 1. The second-order valence-electron chi connectivity index (χ2n) is 3.84. The molecule has 0 fully saturated rings. The van der Waals surface area contributed by atoms with Crippen molar-refractivity contribution in [2.24, 2.45) is 0 Å². The predicted molar refractivity (Wildman–Crippen MR) is 81.2 cm³/mol. The van der Waals surface area contributed by atoms with Gasteiger partial charge in [0.15, 0.2) is 5.13 Å². The molecule has 2 heterocycles. The molecule has 0 bridgehead atoms. The first kappa shape index (κ1) is 14.4. The van der Waals surface area contributed by atoms with E-state index in [1.54, 1.807) is 29.8 Å². The van der Waals surface area contributed by atoms with Crippen LogP contribution in [0.25, 0.3) is 0 Å². The van der Waals surface area contributed by atoms with E-state index in [0.29, 0.717) is 16.6 Å². The lowest BCUT2D eigenvalue weighted by Gasteiger charge is -2.19. The number of anilines is 1. The molecule has 5 nitrogen and oxygen atoms in total. The van der Waals surface area contributed by atoms with Gasteiger partial charge in [-0.05, 0) is 11.4 Å². The van der Waals surface area contributed by atoms with E-state index in [1.165, 1.54) is 27.6 Å². The molecule has 2 aromatic rings. The van der Waals surface area contributed by atoms with Gasteiger partial charge in [0.1, 0.15) is 6.54 Å². The SMILES string of the molecule is C=CCN(CC(=O)Nc1nccs1)C(=O)c1cccs1. The van der Waals surface area contributed by atoms with E-state index in [4.69, 9.17) is 0 Å². The van der Waals surface area contributed by atoms with Crippen LogP contribution in [0.4, 0.5) is 5.13 Å². The Morgan fingerprint density at radius 2 is 2.25 bits per heavy atom. The minimum Gasteiger partial charge on any atom is -0.325 e. The Kier molecular flexibility index (Phi) is 5.03. The van der Waals surface area contributed by atoms with Crippen molar-refractivity contribution in [3.8, 4) is 0 Å². The second-order valence-corrected chi connectivity index (χ2v) is 5.68. The molecule has 1 N–H and O–H groups in total. The molecule has 7 heteroatoms. The standard InChI is InChI=1S/C13H13N3O2S2/c1-2-6-16(12(18)10-4-3-7-19-10)9-11(17)15-13-14-5-8-20-13/h2-5,7-8H,1,6,9H2,(H,14,15,17). The van der Waals surface area contributed by atoms with Gasteiger partial charge in [0.25, 0.3) is 5.91 Å². The molecule has 0 spiro atoms. The van der Waals surface area contributed by atoms with E-state index < -0.39 is 0 Å². The largest absolute Gasteiger partial charge is 0.325 e. The van der Waals surface area contributed by atoms with Crippen LogP contribution < -0.4 is 5.32 Å². The fraction of sp³-hybridized carbons (Fsp3) is 0.154. The number of thiazole rings is 1. The van der Waals surface area contributed by atoms with Crippen molar-refractivity contribution < 1.29 is 9.59 Å². The molecule has 0 aliphatic heterocycles. The Morgan fingerprint density at radius 3 is 2.85 bits per heavy atom. The number of carbonyl (C=O) groups excluding carboxylic acids is 2. The summed E-state index contributed by atoms with van der Waals surface area (Å²) in [5.74, 6) is -0.444. The van der Waals surface area contributed by atoms with Gasteiger partial charge in [-0.3, -0.25) is 9.59 Å². The molecule has 0 saturated heterocycles. The zero-order valence-corrected chi connectivity index (χ0v) is 12.2. The minimum atomic E-state index is -0.272. The lowest BCUT2D eigenvalue weighted by atomic mass is 10.3. The molecule has 0 radical (unpaired) electrons. The highest BCUT2D eigenvalue weighted by Crippen LogP contribution is 2.13. The van der Waals surface area contributed by atoms with Crippen LogP contribution in [0.2, 0.25) is 0 Å². The highest BCUT2D eigenvalue weighted by atomic mass is 32.1. The second kappa shape index (κ2) is 6.97. The molecule has 0 aliphatic carbocycles. The number of nitrogens with zero attached hydrogens (tertiary/aromatic N) is 2. The van der Waals surface area contributed by atoms with Crippen molar-refractivity contribution in [1.29, 1.82) is 0 Å². The maximum atomic E-state index is 12.2. The van der Waals surface area contributed by atoms with Crippen molar-refractivity contribution in [3.63, 3.8) is 0 Å². The third-order valence-electron chi connectivity index (χ3n) is 2.38. The summed E-state index contributed by atoms with van der Waals surface area (Å²) in [7, 11) is 0. The van der Waals surface area contributed by atoms with Crippen LogP contribution in [0, 0.1) is 0 Å². The van der Waals surface area contributed by atoms with Crippen molar-refractivity contribution in [1.82, 2.24) is 9.88 Å². The molecule has 2 aromatic heterocycles. The molecule has 2 amide bonds. The Balaban J connectivity index is 2.00. The molecule has 0 unspecified atom stereocenters. The topological polar surface area (TPSA) is 62.3 Å². The van der Waals surface area contributed by atoms with Crippen LogP contribution in [0.3, 0.4) is 0 Å². The smallest absolute Gasteiger partial charge is 0.264 e. The highest BCUT2D eigenvalue weighted by molar-refractivity contribution is 7.13. The summed E-state index contributed by atoms with van der Waals surface area (Å²) in [5, 5.41) is 6.78. The molecule has 104 valence electrons. The molecule has 0 aromatic carbocycles. The first-order chi connectivity index (χ1) is 9.70. The van der Waals surface area contributed by atoms with Gasteiger partial charge in [0.05, 0.1) is 4.88 Å². The molecule has 0 atom stereocenters. The Morgan fingerprint density at radius 1 is 1.40 bits per heavy atom. The first-order valence-corrected chi connectivity index (χ1v) is 7.59. The quantitative estimate of drug-likeness (QED) is 0.834. The van der Waals surface area contributed by atoms with E-state index in [2.05, 4.69) is 16.9 Å². The molecular weight excluding hydrogens is 294 g/mol. The summed E-state index contributed by atoms with van der Waals surface area (Å²) >= 11 is 2.68. The number of thiophene rings is 1. The van der Waals surface area contributed by atoms with Gasteiger partial charge in [0.2, 0.25) is 5.91 Å². The number of hydrogen-bond donors (Lipinski definition) is 1. The zero-order valence-electron chi connectivity index (χ0n) is 10.6. The summed E-state index contributed by atoms with van der Waals surface area (Å²) in [4.78, 5) is 30.2. The molecular formula is C13H13N3O2S2. The summed E-state index contributed by atoms with van der Waals surface area (Å²) in [5.41, 5.74) is 0. The normalized spacial score (nSPS) is 10.0. The van der Waals surface area contributed by atoms with Gasteiger partial charge in [0, 0.05) is 18.1 Å². The van der Waals surface area contributed by atoms with Crippen LogP contribution in [0.5, 0.6) is 0 Å². The van der Waals surface area contributed by atoms with Crippen molar-refractivity contribution in [2.75, 3.05) is 18.4 Å². The Bertz CT molecular complexity index is 579. The average molecular weight is 307 g/mol. The lowest BCUT2D eigenvalue weighted by molar-refractivity contribution is -0.116. The van der Waals surface area contributed by atoms with Crippen LogP contribution in [-0.4, -0.2) is 34.8 Å². The number of rotatable bonds is 6. The summed E-state index contributed by atoms with van der Waals surface area (Å²) in [6.45, 7) is 3.91. The fourth-order valence-electron chi connectivity index (χ4n) is 1.55. The van der Waals surface area contributed by atoms with E-state index in [-0.39, 0.29) is 18.4 Å². The highest BCUT2D eigenvalue weighted by Gasteiger charge is 2.18. The van der Waals surface area contributed by atoms with Gasteiger partial charge in [-0.15, -0.1) is 29.3 Å². The first-order valence-electron chi connectivity index (χ1n) is 5.83. The third kappa shape index (κ3) is 3.75. The van der Waals surface area contributed by atoms with Gasteiger partial charge in [-0.25, -0.2) is 4.98 Å². The van der Waals surface area contributed by atoms with Crippen molar-refractivity contribution in [3.05, 3.63) is 46.6 Å². The van der Waals surface area contributed by atoms with Crippen molar-refractivity contribution in [2.45, 2.75) is 0 Å². The molecule has 0 aliphatic rings. The predicted octanol–water partition coefficient (Wildman–Crippen LogP) is 2.47. The number of aromatic nitrogens is 1.